The molecule has 0 spiro atoms. The van der Waals surface area contributed by atoms with Gasteiger partial charge in [-0.25, -0.2) is 0 Å². The van der Waals surface area contributed by atoms with Crippen molar-refractivity contribution in [3.63, 3.8) is 0 Å². The van der Waals surface area contributed by atoms with Gasteiger partial charge in [-0.15, -0.1) is 12.4 Å². The zero-order chi connectivity index (χ0) is 17.0. The number of carbonyl (C=O) groups excluding carboxylic acids is 2. The van der Waals surface area contributed by atoms with Gasteiger partial charge in [0.25, 0.3) is 0 Å². The topological polar surface area (TPSA) is 66.6 Å². The molecular formula is C17H25Cl2N3O2. The molecule has 1 aromatic carbocycles. The van der Waals surface area contributed by atoms with Crippen LogP contribution in [0.25, 0.3) is 0 Å². The Balaban J connectivity index is 0.00000288. The fourth-order valence-electron chi connectivity index (χ4n) is 2.61. The van der Waals surface area contributed by atoms with Crippen molar-refractivity contribution < 1.29 is 9.59 Å². The van der Waals surface area contributed by atoms with E-state index in [9.17, 15) is 9.59 Å². The number of nitrogens with zero attached hydrogens (tertiary/aromatic N) is 2. The number of rotatable bonds is 4. The minimum atomic E-state index is -0.194. The van der Waals surface area contributed by atoms with Crippen molar-refractivity contribution in [2.75, 3.05) is 26.2 Å². The molecule has 7 heteroatoms. The Morgan fingerprint density at radius 3 is 2.21 bits per heavy atom. The number of hydrogen-bond acceptors (Lipinski definition) is 3. The van der Waals surface area contributed by atoms with Crippen LogP contribution >= 0.6 is 24.0 Å². The van der Waals surface area contributed by atoms with Crippen molar-refractivity contribution in [1.82, 2.24) is 9.80 Å². The molecule has 1 heterocycles. The Morgan fingerprint density at radius 2 is 1.67 bits per heavy atom. The Labute approximate surface area is 154 Å². The average Bonchev–Trinajstić information content (AvgIpc) is 2.55. The minimum absolute atomic E-state index is 0. The molecule has 24 heavy (non-hydrogen) atoms. The van der Waals surface area contributed by atoms with Gasteiger partial charge in [-0.05, 0) is 18.6 Å². The highest BCUT2D eigenvalue weighted by atomic mass is 35.5. The minimum Gasteiger partial charge on any atom is -0.339 e. The average molecular weight is 374 g/mol. The van der Waals surface area contributed by atoms with Gasteiger partial charge in [-0.2, -0.15) is 0 Å². The summed E-state index contributed by atoms with van der Waals surface area (Å²) in [6, 6.07) is 7.21. The maximum absolute atomic E-state index is 12.4. The first kappa shape index (κ1) is 20.7. The van der Waals surface area contributed by atoms with E-state index in [-0.39, 0.29) is 36.2 Å². The van der Waals surface area contributed by atoms with Crippen LogP contribution in [0.2, 0.25) is 5.02 Å². The summed E-state index contributed by atoms with van der Waals surface area (Å²) in [5.41, 5.74) is 6.63. The first-order chi connectivity index (χ1) is 10.9. The molecule has 2 rings (SSSR count). The number of amides is 2. The van der Waals surface area contributed by atoms with E-state index in [1.807, 2.05) is 32.0 Å². The van der Waals surface area contributed by atoms with Crippen LogP contribution < -0.4 is 5.73 Å². The van der Waals surface area contributed by atoms with E-state index in [0.717, 1.165) is 5.56 Å². The smallest absolute Gasteiger partial charge is 0.227 e. The van der Waals surface area contributed by atoms with Crippen LogP contribution in [0.5, 0.6) is 0 Å². The number of piperazine rings is 1. The summed E-state index contributed by atoms with van der Waals surface area (Å²) in [5, 5.41) is 0.612. The van der Waals surface area contributed by atoms with Gasteiger partial charge >= 0.3 is 0 Å². The predicted octanol–water partition coefficient (Wildman–Crippen LogP) is 1.96. The van der Waals surface area contributed by atoms with Crippen LogP contribution in [-0.2, 0) is 16.0 Å². The lowest BCUT2D eigenvalue weighted by atomic mass is 10.0. The van der Waals surface area contributed by atoms with Crippen molar-refractivity contribution in [2.45, 2.75) is 26.3 Å². The van der Waals surface area contributed by atoms with Gasteiger partial charge in [0, 0.05) is 37.2 Å². The van der Waals surface area contributed by atoms with E-state index >= 15 is 0 Å². The molecule has 2 N–H and O–H groups in total. The molecule has 0 radical (unpaired) electrons. The molecule has 0 saturated carbocycles. The van der Waals surface area contributed by atoms with E-state index in [0.29, 0.717) is 37.6 Å². The monoisotopic (exact) mass is 373 g/mol. The zero-order valence-corrected chi connectivity index (χ0v) is 15.6. The van der Waals surface area contributed by atoms with Gasteiger partial charge in [0.2, 0.25) is 11.8 Å². The third-order valence-corrected chi connectivity index (χ3v) is 4.79. The highest BCUT2D eigenvalue weighted by Crippen LogP contribution is 2.17. The number of hydrogen-bond donors (Lipinski definition) is 1. The SMILES string of the molecule is CC(N)C(C)C(=O)N1CCN(C(=O)Cc2ccccc2Cl)CC1.Cl. The summed E-state index contributed by atoms with van der Waals surface area (Å²) >= 11 is 6.10. The second-order valence-electron chi connectivity index (χ2n) is 6.12. The quantitative estimate of drug-likeness (QED) is 0.876. The van der Waals surface area contributed by atoms with Crippen molar-refractivity contribution in [2.24, 2.45) is 11.7 Å². The molecule has 2 atom stereocenters. The van der Waals surface area contributed by atoms with Gasteiger partial charge < -0.3 is 15.5 Å². The van der Waals surface area contributed by atoms with E-state index in [1.165, 1.54) is 0 Å². The zero-order valence-electron chi connectivity index (χ0n) is 14.1. The second kappa shape index (κ2) is 9.25. The van der Waals surface area contributed by atoms with Crippen LogP contribution in [0.4, 0.5) is 0 Å². The van der Waals surface area contributed by atoms with E-state index < -0.39 is 0 Å². The summed E-state index contributed by atoms with van der Waals surface area (Å²) in [4.78, 5) is 28.3. The number of halogens is 2. The van der Waals surface area contributed by atoms with Crippen molar-refractivity contribution >= 4 is 35.8 Å². The summed E-state index contributed by atoms with van der Waals surface area (Å²) in [6.07, 6.45) is 0.295. The fraction of sp³-hybridized carbons (Fsp3) is 0.529. The molecular weight excluding hydrogens is 349 g/mol. The summed E-state index contributed by atoms with van der Waals surface area (Å²) in [6.45, 7) is 5.92. The third kappa shape index (κ3) is 5.10. The van der Waals surface area contributed by atoms with Gasteiger partial charge in [0.05, 0.1) is 12.3 Å². The van der Waals surface area contributed by atoms with E-state index in [1.54, 1.807) is 15.9 Å². The van der Waals surface area contributed by atoms with Gasteiger partial charge in [-0.3, -0.25) is 9.59 Å². The normalized spacial score (nSPS) is 17.0. The predicted molar refractivity (Wildman–Crippen MR) is 98.4 cm³/mol. The Bertz CT molecular complexity index is 573. The number of benzene rings is 1. The second-order valence-corrected chi connectivity index (χ2v) is 6.53. The molecule has 1 aliphatic rings. The molecule has 2 amide bonds. The van der Waals surface area contributed by atoms with Gasteiger partial charge in [0.15, 0.2) is 0 Å². The van der Waals surface area contributed by atoms with Crippen LogP contribution in [0, 0.1) is 5.92 Å². The van der Waals surface area contributed by atoms with E-state index in [4.69, 9.17) is 17.3 Å². The lowest BCUT2D eigenvalue weighted by molar-refractivity contribution is -0.141. The largest absolute Gasteiger partial charge is 0.339 e. The van der Waals surface area contributed by atoms with Crippen LogP contribution in [-0.4, -0.2) is 53.8 Å². The molecule has 1 saturated heterocycles. The summed E-state index contributed by atoms with van der Waals surface area (Å²) < 4.78 is 0. The highest BCUT2D eigenvalue weighted by Gasteiger charge is 2.28. The lowest BCUT2D eigenvalue weighted by Gasteiger charge is -2.36. The number of carbonyl (C=O) groups is 2. The molecule has 5 nitrogen and oxygen atoms in total. The molecule has 0 aromatic heterocycles. The Morgan fingerprint density at radius 1 is 1.12 bits per heavy atom. The van der Waals surface area contributed by atoms with Crippen LogP contribution in [0.3, 0.4) is 0 Å². The Hall–Kier alpha value is -1.30. The van der Waals surface area contributed by atoms with Gasteiger partial charge in [-0.1, -0.05) is 36.7 Å². The molecule has 0 aliphatic carbocycles. The van der Waals surface area contributed by atoms with Crippen LogP contribution in [0.1, 0.15) is 19.4 Å². The summed E-state index contributed by atoms with van der Waals surface area (Å²) in [7, 11) is 0. The first-order valence-electron chi connectivity index (χ1n) is 7.95. The maximum Gasteiger partial charge on any atom is 0.227 e. The molecule has 1 aliphatic heterocycles. The summed E-state index contributed by atoms with van der Waals surface area (Å²) in [5.74, 6) is -0.0796. The maximum atomic E-state index is 12.4. The molecule has 0 bridgehead atoms. The molecule has 1 aromatic rings. The standard InChI is InChI=1S/C17H24ClN3O2.ClH/c1-12(13(2)19)17(23)21-9-7-20(8-10-21)16(22)11-14-5-3-4-6-15(14)18;/h3-6,12-13H,7-11,19H2,1-2H3;1H. The molecule has 2 unspecified atom stereocenters. The molecule has 134 valence electrons. The van der Waals surface area contributed by atoms with Gasteiger partial charge in [0.1, 0.15) is 0 Å². The fourth-order valence-corrected chi connectivity index (χ4v) is 2.81. The van der Waals surface area contributed by atoms with Crippen LogP contribution in [0.15, 0.2) is 24.3 Å². The number of nitrogens with two attached hydrogens (primary N) is 1. The lowest BCUT2D eigenvalue weighted by Crippen LogP contribution is -2.53. The third-order valence-electron chi connectivity index (χ3n) is 4.42. The first-order valence-corrected chi connectivity index (χ1v) is 8.33. The molecule has 1 fully saturated rings. The van der Waals surface area contributed by atoms with E-state index in [2.05, 4.69) is 0 Å². The highest BCUT2D eigenvalue weighted by molar-refractivity contribution is 6.31. The van der Waals surface area contributed by atoms with Crippen molar-refractivity contribution in [1.29, 1.82) is 0 Å². The Kier molecular flexibility index (Phi) is 8.00. The van der Waals surface area contributed by atoms with Crippen molar-refractivity contribution in [3.05, 3.63) is 34.9 Å². The van der Waals surface area contributed by atoms with Crippen molar-refractivity contribution in [3.8, 4) is 0 Å².